The van der Waals surface area contributed by atoms with E-state index in [0.29, 0.717) is 0 Å². The van der Waals surface area contributed by atoms with Crippen LogP contribution in [-0.2, 0) is 0 Å². The summed E-state index contributed by atoms with van der Waals surface area (Å²) in [7, 11) is 0. The number of aromatic amines is 1. The van der Waals surface area contributed by atoms with Crippen molar-refractivity contribution in [3.8, 4) is 10.4 Å². The molecule has 0 radical (unpaired) electrons. The van der Waals surface area contributed by atoms with Crippen LogP contribution in [0.25, 0.3) is 20.7 Å². The third-order valence-electron chi connectivity index (χ3n) is 2.47. The highest BCUT2D eigenvalue weighted by molar-refractivity contribution is 7.21. The molecule has 0 unspecified atom stereocenters. The van der Waals surface area contributed by atoms with Crippen molar-refractivity contribution in [1.29, 1.82) is 0 Å². The van der Waals surface area contributed by atoms with E-state index < -0.39 is 0 Å². The molecule has 3 rings (SSSR count). The predicted octanol–water partition coefficient (Wildman–Crippen LogP) is 3.26. The minimum Gasteiger partial charge on any atom is -0.314 e. The number of fused-ring (bicyclic) bond motifs is 1. The molecule has 0 atom stereocenters. The minimum atomic E-state index is -0.0473. The molecular formula is C13H9NOS. The topological polar surface area (TPSA) is 32.9 Å². The lowest BCUT2D eigenvalue weighted by Crippen LogP contribution is -2.00. The van der Waals surface area contributed by atoms with Gasteiger partial charge < -0.3 is 4.98 Å². The van der Waals surface area contributed by atoms with Crippen molar-refractivity contribution in [3.05, 3.63) is 58.9 Å². The zero-order chi connectivity index (χ0) is 11.0. The van der Waals surface area contributed by atoms with Gasteiger partial charge in [-0.15, -0.1) is 11.3 Å². The summed E-state index contributed by atoms with van der Waals surface area (Å²) >= 11 is 1.61. The first-order valence-electron chi connectivity index (χ1n) is 5.01. The minimum absolute atomic E-state index is 0.0473. The third-order valence-corrected chi connectivity index (χ3v) is 3.59. The van der Waals surface area contributed by atoms with E-state index in [9.17, 15) is 4.79 Å². The Bertz CT molecular complexity index is 682. The molecule has 0 amide bonds. The number of nitrogens with one attached hydrogen (secondary N) is 1. The third kappa shape index (κ3) is 1.55. The fraction of sp³-hybridized carbons (Fsp3) is 0. The second kappa shape index (κ2) is 3.61. The van der Waals surface area contributed by atoms with E-state index in [-0.39, 0.29) is 5.56 Å². The van der Waals surface area contributed by atoms with Crippen LogP contribution in [0.3, 0.4) is 0 Å². The molecular weight excluding hydrogens is 218 g/mol. The van der Waals surface area contributed by atoms with Crippen LogP contribution in [0.15, 0.2) is 53.3 Å². The average Bonchev–Trinajstić information content (AvgIpc) is 2.73. The van der Waals surface area contributed by atoms with Crippen LogP contribution < -0.4 is 5.56 Å². The molecule has 0 fully saturated rings. The lowest BCUT2D eigenvalue weighted by molar-refractivity contribution is 1.33. The Balaban J connectivity index is 2.23. The maximum Gasteiger partial charge on any atom is 0.249 e. The molecule has 0 saturated carbocycles. The van der Waals surface area contributed by atoms with Gasteiger partial charge in [-0.3, -0.25) is 4.79 Å². The van der Waals surface area contributed by atoms with Gasteiger partial charge in [0.1, 0.15) is 4.83 Å². The van der Waals surface area contributed by atoms with Gasteiger partial charge in [-0.25, -0.2) is 0 Å². The normalized spacial score (nSPS) is 10.8. The van der Waals surface area contributed by atoms with Gasteiger partial charge in [-0.1, -0.05) is 30.3 Å². The number of benzene rings is 1. The smallest absolute Gasteiger partial charge is 0.249 e. The number of thiophene rings is 1. The Hall–Kier alpha value is -1.87. The summed E-state index contributed by atoms with van der Waals surface area (Å²) in [4.78, 5) is 16.1. The van der Waals surface area contributed by atoms with E-state index >= 15 is 0 Å². The van der Waals surface area contributed by atoms with Crippen molar-refractivity contribution < 1.29 is 0 Å². The van der Waals surface area contributed by atoms with E-state index in [1.54, 1.807) is 17.4 Å². The summed E-state index contributed by atoms with van der Waals surface area (Å²) in [6, 6.07) is 15.7. The van der Waals surface area contributed by atoms with Gasteiger partial charge in [0.25, 0.3) is 0 Å². The number of rotatable bonds is 1. The lowest BCUT2D eigenvalue weighted by atomic mass is 10.2. The zero-order valence-corrected chi connectivity index (χ0v) is 9.25. The van der Waals surface area contributed by atoms with Gasteiger partial charge >= 0.3 is 0 Å². The molecule has 78 valence electrons. The predicted molar refractivity (Wildman–Crippen MR) is 67.9 cm³/mol. The molecule has 2 nitrogen and oxygen atoms in total. The lowest BCUT2D eigenvalue weighted by Gasteiger charge is -1.93. The summed E-state index contributed by atoms with van der Waals surface area (Å²) < 4.78 is 0. The fourth-order valence-corrected chi connectivity index (χ4v) is 2.75. The second-order valence-electron chi connectivity index (χ2n) is 3.58. The Morgan fingerprint density at radius 2 is 1.81 bits per heavy atom. The summed E-state index contributed by atoms with van der Waals surface area (Å²) in [5.41, 5.74) is 1.14. The van der Waals surface area contributed by atoms with Gasteiger partial charge in [0.05, 0.1) is 0 Å². The van der Waals surface area contributed by atoms with E-state index in [4.69, 9.17) is 0 Å². The molecule has 1 aromatic carbocycles. The SMILES string of the molecule is O=c1ccc2cc(-c3ccccc3)sc2[nH]1. The highest BCUT2D eigenvalue weighted by atomic mass is 32.1. The molecule has 0 saturated heterocycles. The molecule has 0 bridgehead atoms. The second-order valence-corrected chi connectivity index (χ2v) is 4.64. The monoisotopic (exact) mass is 227 g/mol. The molecule has 2 aromatic heterocycles. The van der Waals surface area contributed by atoms with E-state index in [2.05, 4.69) is 23.2 Å². The van der Waals surface area contributed by atoms with Crippen molar-refractivity contribution in [2.24, 2.45) is 0 Å². The summed E-state index contributed by atoms with van der Waals surface area (Å²) in [5.74, 6) is 0. The van der Waals surface area contributed by atoms with E-state index in [1.807, 2.05) is 24.3 Å². The van der Waals surface area contributed by atoms with Crippen LogP contribution in [0.1, 0.15) is 0 Å². The quantitative estimate of drug-likeness (QED) is 0.680. The molecule has 0 spiro atoms. The Morgan fingerprint density at radius 1 is 1.00 bits per heavy atom. The summed E-state index contributed by atoms with van der Waals surface area (Å²) in [5, 5.41) is 1.09. The van der Waals surface area contributed by atoms with Crippen molar-refractivity contribution in [1.82, 2.24) is 4.98 Å². The number of H-pyrrole nitrogens is 1. The summed E-state index contributed by atoms with van der Waals surface area (Å²) in [6.07, 6.45) is 0. The van der Waals surface area contributed by atoms with E-state index in [1.165, 1.54) is 10.4 Å². The first-order chi connectivity index (χ1) is 7.83. The van der Waals surface area contributed by atoms with Gasteiger partial charge in [-0.2, -0.15) is 0 Å². The van der Waals surface area contributed by atoms with Crippen LogP contribution >= 0.6 is 11.3 Å². The average molecular weight is 227 g/mol. The molecule has 0 aliphatic rings. The van der Waals surface area contributed by atoms with E-state index in [0.717, 1.165) is 10.2 Å². The Morgan fingerprint density at radius 3 is 2.62 bits per heavy atom. The molecule has 1 N–H and O–H groups in total. The van der Waals surface area contributed by atoms with Gasteiger partial charge in [0, 0.05) is 16.3 Å². The number of aromatic nitrogens is 1. The Labute approximate surface area is 96.2 Å². The van der Waals surface area contributed by atoms with Crippen molar-refractivity contribution in [2.45, 2.75) is 0 Å². The molecule has 0 aliphatic heterocycles. The van der Waals surface area contributed by atoms with Gasteiger partial charge in [0.15, 0.2) is 0 Å². The van der Waals surface area contributed by atoms with Crippen LogP contribution in [-0.4, -0.2) is 4.98 Å². The largest absolute Gasteiger partial charge is 0.314 e. The van der Waals surface area contributed by atoms with Gasteiger partial charge in [0.2, 0.25) is 5.56 Å². The van der Waals surface area contributed by atoms with Crippen molar-refractivity contribution >= 4 is 21.6 Å². The number of pyridine rings is 1. The van der Waals surface area contributed by atoms with Crippen LogP contribution in [0.4, 0.5) is 0 Å². The number of hydrogen-bond donors (Lipinski definition) is 1. The molecule has 3 aromatic rings. The van der Waals surface area contributed by atoms with Crippen LogP contribution in [0, 0.1) is 0 Å². The standard InChI is InChI=1S/C13H9NOS/c15-12-7-6-10-8-11(16-13(10)14-12)9-4-2-1-3-5-9/h1-8H,(H,14,15). The number of hydrogen-bond acceptors (Lipinski definition) is 2. The molecule has 3 heteroatoms. The first-order valence-corrected chi connectivity index (χ1v) is 5.83. The molecule has 2 heterocycles. The maximum absolute atomic E-state index is 11.2. The molecule has 0 aliphatic carbocycles. The van der Waals surface area contributed by atoms with Crippen molar-refractivity contribution in [3.63, 3.8) is 0 Å². The van der Waals surface area contributed by atoms with Crippen LogP contribution in [0.5, 0.6) is 0 Å². The Kier molecular flexibility index (Phi) is 2.11. The maximum atomic E-state index is 11.2. The van der Waals surface area contributed by atoms with Gasteiger partial charge in [-0.05, 0) is 17.7 Å². The first kappa shape index (κ1) is 9.36. The highest BCUT2D eigenvalue weighted by Gasteiger charge is 2.03. The fourth-order valence-electron chi connectivity index (χ4n) is 1.69. The summed E-state index contributed by atoms with van der Waals surface area (Å²) in [6.45, 7) is 0. The highest BCUT2D eigenvalue weighted by Crippen LogP contribution is 2.31. The van der Waals surface area contributed by atoms with Crippen LogP contribution in [0.2, 0.25) is 0 Å². The van der Waals surface area contributed by atoms with Crippen molar-refractivity contribution in [2.75, 3.05) is 0 Å². The zero-order valence-electron chi connectivity index (χ0n) is 8.44. The molecule has 16 heavy (non-hydrogen) atoms.